The largest absolute Gasteiger partial charge is 0.504 e. The monoisotopic (exact) mass is 363 g/mol. The quantitative estimate of drug-likeness (QED) is 0.621. The average molecular weight is 365 g/mol. The molecule has 0 spiro atoms. The first-order valence-electron chi connectivity index (χ1n) is 6.99. The molecule has 0 aliphatic heterocycles. The standard InChI is InChI=1S/C15H22ClNO2.BrH/c1-2-6-17(7-5-16)13-4-3-11-9-14(18)15(19)10-12(11)8-13;/h9-10,13,18-19H,2-8H2,1H3;1H. The molecule has 0 bridgehead atoms. The van der Waals surface area contributed by atoms with Crippen LogP contribution in [0.1, 0.15) is 30.9 Å². The minimum absolute atomic E-state index is 0. The van der Waals surface area contributed by atoms with E-state index in [4.69, 9.17) is 11.6 Å². The molecule has 0 saturated carbocycles. The zero-order valence-electron chi connectivity index (χ0n) is 11.8. The summed E-state index contributed by atoms with van der Waals surface area (Å²) in [6.07, 6.45) is 4.10. The maximum atomic E-state index is 9.62. The molecular weight excluding hydrogens is 342 g/mol. The van der Waals surface area contributed by atoms with Crippen molar-refractivity contribution in [2.24, 2.45) is 0 Å². The van der Waals surface area contributed by atoms with Crippen LogP contribution in [0.5, 0.6) is 11.5 Å². The fraction of sp³-hybridized carbons (Fsp3) is 0.600. The van der Waals surface area contributed by atoms with Gasteiger partial charge in [0.2, 0.25) is 0 Å². The molecule has 1 aromatic carbocycles. The highest BCUT2D eigenvalue weighted by Gasteiger charge is 2.24. The van der Waals surface area contributed by atoms with E-state index in [1.807, 2.05) is 0 Å². The van der Waals surface area contributed by atoms with E-state index in [-0.39, 0.29) is 28.5 Å². The molecule has 0 amide bonds. The first-order chi connectivity index (χ1) is 9.15. The SMILES string of the molecule is Br.CCCN(CCCl)C1CCc2cc(O)c(O)cc2C1. The minimum atomic E-state index is -0.0150. The molecule has 0 heterocycles. The van der Waals surface area contributed by atoms with Crippen LogP contribution in [0, 0.1) is 0 Å². The van der Waals surface area contributed by atoms with E-state index in [0.717, 1.165) is 49.9 Å². The van der Waals surface area contributed by atoms with Gasteiger partial charge in [-0.2, -0.15) is 0 Å². The second-order valence-electron chi connectivity index (χ2n) is 5.23. The maximum absolute atomic E-state index is 9.62. The van der Waals surface area contributed by atoms with Crippen LogP contribution in [0.2, 0.25) is 0 Å². The summed E-state index contributed by atoms with van der Waals surface area (Å²) in [5.74, 6) is 0.631. The Morgan fingerprint density at radius 3 is 2.45 bits per heavy atom. The third kappa shape index (κ3) is 4.03. The number of aromatic hydroxyl groups is 2. The van der Waals surface area contributed by atoms with E-state index >= 15 is 0 Å². The van der Waals surface area contributed by atoms with Crippen molar-refractivity contribution in [2.75, 3.05) is 19.0 Å². The molecular formula is C15H23BrClNO2. The Kier molecular flexibility index (Phi) is 7.13. The van der Waals surface area contributed by atoms with E-state index in [0.29, 0.717) is 11.9 Å². The number of hydrogen-bond donors (Lipinski definition) is 2. The molecule has 0 aromatic heterocycles. The van der Waals surface area contributed by atoms with Gasteiger partial charge in [-0.05, 0) is 55.5 Å². The van der Waals surface area contributed by atoms with Gasteiger partial charge in [-0.3, -0.25) is 4.90 Å². The molecule has 0 fully saturated rings. The van der Waals surface area contributed by atoms with Gasteiger partial charge in [-0.1, -0.05) is 6.92 Å². The third-order valence-corrected chi connectivity index (χ3v) is 4.07. The van der Waals surface area contributed by atoms with E-state index in [1.54, 1.807) is 12.1 Å². The van der Waals surface area contributed by atoms with Crippen molar-refractivity contribution in [2.45, 2.75) is 38.6 Å². The fourth-order valence-electron chi connectivity index (χ4n) is 2.95. The Hall–Kier alpha value is -0.450. The highest BCUT2D eigenvalue weighted by molar-refractivity contribution is 8.93. The Bertz CT molecular complexity index is 436. The molecule has 2 N–H and O–H groups in total. The van der Waals surface area contributed by atoms with Crippen molar-refractivity contribution < 1.29 is 10.2 Å². The molecule has 0 saturated heterocycles. The summed E-state index contributed by atoms with van der Waals surface area (Å²) in [7, 11) is 0. The molecule has 1 unspecified atom stereocenters. The predicted octanol–water partition coefficient (Wildman–Crippen LogP) is 3.48. The number of alkyl halides is 1. The summed E-state index contributed by atoms with van der Waals surface area (Å²) in [5.41, 5.74) is 2.32. The van der Waals surface area contributed by atoms with Crippen LogP contribution in [0.25, 0.3) is 0 Å². The number of benzene rings is 1. The van der Waals surface area contributed by atoms with E-state index in [1.165, 1.54) is 0 Å². The van der Waals surface area contributed by atoms with Crippen molar-refractivity contribution in [1.82, 2.24) is 4.90 Å². The van der Waals surface area contributed by atoms with Crippen LogP contribution >= 0.6 is 28.6 Å². The van der Waals surface area contributed by atoms with Crippen LogP contribution in [0.3, 0.4) is 0 Å². The molecule has 1 aliphatic rings. The number of phenolic OH excluding ortho intramolecular Hbond substituents is 2. The highest BCUT2D eigenvalue weighted by atomic mass is 79.9. The second kappa shape index (κ2) is 8.11. The summed E-state index contributed by atoms with van der Waals surface area (Å²) < 4.78 is 0. The Morgan fingerprint density at radius 2 is 1.85 bits per heavy atom. The molecule has 5 heteroatoms. The zero-order chi connectivity index (χ0) is 13.8. The summed E-state index contributed by atoms with van der Waals surface area (Å²) in [6, 6.07) is 3.91. The van der Waals surface area contributed by atoms with Crippen LogP contribution in [-0.4, -0.2) is 40.1 Å². The number of phenols is 2. The number of rotatable bonds is 5. The summed E-state index contributed by atoms with van der Waals surface area (Å²) in [6.45, 7) is 4.16. The van der Waals surface area contributed by atoms with Crippen molar-refractivity contribution in [3.05, 3.63) is 23.3 Å². The lowest BCUT2D eigenvalue weighted by Crippen LogP contribution is -2.41. The lowest BCUT2D eigenvalue weighted by molar-refractivity contribution is 0.190. The van der Waals surface area contributed by atoms with Crippen molar-refractivity contribution in [3.63, 3.8) is 0 Å². The fourth-order valence-corrected chi connectivity index (χ4v) is 3.17. The summed E-state index contributed by atoms with van der Waals surface area (Å²) >= 11 is 5.88. The number of halogens is 2. The van der Waals surface area contributed by atoms with Crippen molar-refractivity contribution in [3.8, 4) is 11.5 Å². The van der Waals surface area contributed by atoms with Crippen LogP contribution in [0.15, 0.2) is 12.1 Å². The lowest BCUT2D eigenvalue weighted by Gasteiger charge is -2.34. The van der Waals surface area contributed by atoms with E-state index < -0.39 is 0 Å². The smallest absolute Gasteiger partial charge is 0.157 e. The van der Waals surface area contributed by atoms with Crippen molar-refractivity contribution >= 4 is 28.6 Å². The average Bonchev–Trinajstić information content (AvgIpc) is 2.39. The topological polar surface area (TPSA) is 43.7 Å². The minimum Gasteiger partial charge on any atom is -0.504 e. The third-order valence-electron chi connectivity index (χ3n) is 3.90. The van der Waals surface area contributed by atoms with Gasteiger partial charge in [0.15, 0.2) is 11.5 Å². The molecule has 2 rings (SSSR count). The lowest BCUT2D eigenvalue weighted by atomic mass is 9.87. The van der Waals surface area contributed by atoms with Gasteiger partial charge in [0, 0.05) is 18.5 Å². The van der Waals surface area contributed by atoms with Gasteiger partial charge in [-0.15, -0.1) is 28.6 Å². The summed E-state index contributed by atoms with van der Waals surface area (Å²) in [4.78, 5) is 2.44. The summed E-state index contributed by atoms with van der Waals surface area (Å²) in [5, 5.41) is 19.2. The van der Waals surface area contributed by atoms with Gasteiger partial charge in [-0.25, -0.2) is 0 Å². The molecule has 114 valence electrons. The first-order valence-corrected chi connectivity index (χ1v) is 7.53. The maximum Gasteiger partial charge on any atom is 0.157 e. The van der Waals surface area contributed by atoms with Crippen LogP contribution in [-0.2, 0) is 12.8 Å². The van der Waals surface area contributed by atoms with Gasteiger partial charge < -0.3 is 10.2 Å². The van der Waals surface area contributed by atoms with Gasteiger partial charge >= 0.3 is 0 Å². The van der Waals surface area contributed by atoms with E-state index in [9.17, 15) is 10.2 Å². The van der Waals surface area contributed by atoms with Crippen molar-refractivity contribution in [1.29, 1.82) is 0 Å². The first kappa shape index (κ1) is 17.6. The Morgan fingerprint density at radius 1 is 1.20 bits per heavy atom. The number of aryl methyl sites for hydroxylation is 1. The molecule has 20 heavy (non-hydrogen) atoms. The normalized spacial score (nSPS) is 17.6. The molecule has 3 nitrogen and oxygen atoms in total. The van der Waals surface area contributed by atoms with Gasteiger partial charge in [0.05, 0.1) is 0 Å². The highest BCUT2D eigenvalue weighted by Crippen LogP contribution is 2.33. The predicted molar refractivity (Wildman–Crippen MR) is 88.5 cm³/mol. The van der Waals surface area contributed by atoms with Gasteiger partial charge in [0.25, 0.3) is 0 Å². The number of nitrogens with zero attached hydrogens (tertiary/aromatic N) is 1. The van der Waals surface area contributed by atoms with Gasteiger partial charge in [0.1, 0.15) is 0 Å². The molecule has 1 aromatic rings. The van der Waals surface area contributed by atoms with Crippen LogP contribution in [0.4, 0.5) is 0 Å². The number of hydrogen-bond acceptors (Lipinski definition) is 3. The van der Waals surface area contributed by atoms with Crippen LogP contribution < -0.4 is 0 Å². The zero-order valence-corrected chi connectivity index (χ0v) is 14.3. The molecule has 1 aliphatic carbocycles. The Balaban J connectivity index is 0.00000200. The Labute approximate surface area is 136 Å². The van der Waals surface area contributed by atoms with E-state index in [2.05, 4.69) is 11.8 Å². The number of fused-ring (bicyclic) bond motifs is 1. The second-order valence-corrected chi connectivity index (χ2v) is 5.61. The molecule has 0 radical (unpaired) electrons. The molecule has 1 atom stereocenters.